The maximum Gasteiger partial charge on any atom is 0.140 e. The zero-order chi connectivity index (χ0) is 43.6. The molecule has 13 rings (SSSR count). The first kappa shape index (κ1) is 37.9. The van der Waals surface area contributed by atoms with Gasteiger partial charge in [0.15, 0.2) is 0 Å². The van der Waals surface area contributed by atoms with Crippen molar-refractivity contribution in [2.24, 2.45) is 0 Å². The third kappa shape index (κ3) is 5.77. The van der Waals surface area contributed by atoms with Crippen LogP contribution in [0, 0.1) is 0 Å². The second kappa shape index (κ2) is 15.3. The molecule has 0 fully saturated rings. The summed E-state index contributed by atoms with van der Waals surface area (Å²) in [5.74, 6) is 0.918. The van der Waals surface area contributed by atoms with E-state index in [9.17, 15) is 0 Å². The Kier molecular flexibility index (Phi) is 8.75. The summed E-state index contributed by atoms with van der Waals surface area (Å²) in [6.45, 7) is 0. The van der Waals surface area contributed by atoms with Crippen LogP contribution in [0.3, 0.4) is 0 Å². The molecule has 3 nitrogen and oxygen atoms in total. The predicted molar refractivity (Wildman–Crippen MR) is 273 cm³/mol. The first-order valence-electron chi connectivity index (χ1n) is 22.7. The lowest BCUT2D eigenvalue weighted by Crippen LogP contribution is -2.26. The SMILES string of the molecule is c1ccc(-c2ccc(N(c3cccc(-c4ccccc4)c3)c3ccc4c(c3)-c3oc5ccccc5c3C43c4ccccc4-c4c(N(c5ccccc5)c5ccccc5)cccc43)cc2)cc1. The zero-order valence-electron chi connectivity index (χ0n) is 36.1. The zero-order valence-corrected chi connectivity index (χ0v) is 36.1. The summed E-state index contributed by atoms with van der Waals surface area (Å²) in [7, 11) is 0. The highest BCUT2D eigenvalue weighted by Gasteiger charge is 2.55. The Morgan fingerprint density at radius 3 is 1.55 bits per heavy atom. The first-order valence-corrected chi connectivity index (χ1v) is 22.7. The molecular formula is C63H42N2O. The molecule has 1 unspecified atom stereocenters. The molecular weight excluding hydrogens is 801 g/mol. The molecule has 0 saturated heterocycles. The number of fused-ring (bicyclic) bond motifs is 12. The molecule has 0 amide bonds. The standard InChI is InChI=1S/C63H42N2O/c1-5-19-43(20-6-1)45-35-37-49(38-36-45)64(50-28-17-23-46(41-50)44-21-7-2-8-22-44)51-39-40-56-54(42-51)62-61(53-30-14-16-34-59(53)66-62)63(56)55-31-15-13-29-52(55)60-57(63)32-18-33-58(60)65(47-24-9-3-10-25-47)48-26-11-4-12-27-48/h1-42H. The van der Waals surface area contributed by atoms with Gasteiger partial charge in [0.2, 0.25) is 0 Å². The molecule has 1 aromatic heterocycles. The van der Waals surface area contributed by atoms with Gasteiger partial charge in [0, 0.05) is 50.5 Å². The number of rotatable bonds is 8. The van der Waals surface area contributed by atoms with Crippen molar-refractivity contribution in [3.63, 3.8) is 0 Å². The van der Waals surface area contributed by atoms with E-state index in [0.717, 1.165) is 62.0 Å². The smallest absolute Gasteiger partial charge is 0.140 e. The molecule has 0 saturated carbocycles. The second-order valence-electron chi connectivity index (χ2n) is 17.2. The highest BCUT2D eigenvalue weighted by atomic mass is 16.3. The molecule has 0 N–H and O–H groups in total. The van der Waals surface area contributed by atoms with Crippen LogP contribution < -0.4 is 9.80 Å². The Labute approximate surface area is 384 Å². The van der Waals surface area contributed by atoms with Crippen molar-refractivity contribution >= 4 is 45.1 Å². The minimum Gasteiger partial charge on any atom is -0.456 e. The Balaban J connectivity index is 1.06. The lowest BCUT2D eigenvalue weighted by molar-refractivity contribution is 0.628. The topological polar surface area (TPSA) is 19.6 Å². The van der Waals surface area contributed by atoms with Crippen molar-refractivity contribution in [1.29, 1.82) is 0 Å². The van der Waals surface area contributed by atoms with Crippen molar-refractivity contribution in [2.45, 2.75) is 5.41 Å². The van der Waals surface area contributed by atoms with Crippen LogP contribution >= 0.6 is 0 Å². The Morgan fingerprint density at radius 1 is 0.318 bits per heavy atom. The first-order chi connectivity index (χ1) is 32.8. The lowest BCUT2D eigenvalue weighted by Gasteiger charge is -2.32. The fourth-order valence-electron chi connectivity index (χ4n) is 10.9. The fraction of sp³-hybridized carbons (Fsp3) is 0.0159. The van der Waals surface area contributed by atoms with Crippen LogP contribution in [-0.2, 0) is 5.41 Å². The van der Waals surface area contributed by atoms with Crippen LogP contribution in [0.15, 0.2) is 259 Å². The summed E-state index contributed by atoms with van der Waals surface area (Å²) >= 11 is 0. The van der Waals surface area contributed by atoms with E-state index >= 15 is 0 Å². The van der Waals surface area contributed by atoms with Gasteiger partial charge in [-0.15, -0.1) is 0 Å². The summed E-state index contributed by atoms with van der Waals surface area (Å²) in [5, 5.41) is 1.13. The minimum absolute atomic E-state index is 0.647. The summed E-state index contributed by atoms with van der Waals surface area (Å²) in [6, 6.07) is 92.1. The number of hydrogen-bond acceptors (Lipinski definition) is 3. The second-order valence-corrected chi connectivity index (χ2v) is 17.2. The van der Waals surface area contributed by atoms with Gasteiger partial charge in [0.05, 0.1) is 11.1 Å². The van der Waals surface area contributed by atoms with Crippen molar-refractivity contribution in [3.8, 4) is 44.7 Å². The Hall–Kier alpha value is -8.66. The van der Waals surface area contributed by atoms with Crippen LogP contribution in [-0.4, -0.2) is 0 Å². The van der Waals surface area contributed by atoms with Crippen molar-refractivity contribution in [1.82, 2.24) is 0 Å². The molecule has 11 aromatic rings. The van der Waals surface area contributed by atoms with E-state index in [1.54, 1.807) is 0 Å². The summed E-state index contributed by atoms with van der Waals surface area (Å²) < 4.78 is 7.13. The van der Waals surface area contributed by atoms with Gasteiger partial charge in [0.1, 0.15) is 11.3 Å². The maximum atomic E-state index is 7.13. The number of para-hydroxylation sites is 3. The fourth-order valence-corrected chi connectivity index (χ4v) is 10.9. The molecule has 310 valence electrons. The van der Waals surface area contributed by atoms with Crippen LogP contribution in [0.25, 0.3) is 55.7 Å². The number of nitrogens with zero attached hydrogens (tertiary/aromatic N) is 2. The average Bonchev–Trinajstić information content (AvgIpc) is 4.02. The third-order valence-electron chi connectivity index (χ3n) is 13.6. The van der Waals surface area contributed by atoms with E-state index < -0.39 is 5.41 Å². The number of benzene rings is 10. The molecule has 1 spiro atoms. The van der Waals surface area contributed by atoms with E-state index in [1.165, 1.54) is 50.1 Å². The van der Waals surface area contributed by atoms with Crippen LogP contribution in [0.1, 0.15) is 22.3 Å². The van der Waals surface area contributed by atoms with Gasteiger partial charge in [-0.05, 0) is 117 Å². The molecule has 10 aromatic carbocycles. The Bertz CT molecular complexity index is 3540. The molecule has 3 heteroatoms. The van der Waals surface area contributed by atoms with E-state index in [0.29, 0.717) is 0 Å². The van der Waals surface area contributed by atoms with Gasteiger partial charge in [-0.1, -0.05) is 182 Å². The quantitative estimate of drug-likeness (QED) is 0.152. The highest BCUT2D eigenvalue weighted by molar-refractivity contribution is 6.05. The summed E-state index contributed by atoms with van der Waals surface area (Å²) in [5.41, 5.74) is 20.0. The van der Waals surface area contributed by atoms with Gasteiger partial charge in [-0.25, -0.2) is 0 Å². The van der Waals surface area contributed by atoms with E-state index in [2.05, 4.69) is 265 Å². The molecule has 0 bridgehead atoms. The molecule has 0 radical (unpaired) electrons. The van der Waals surface area contributed by atoms with Gasteiger partial charge in [-0.2, -0.15) is 0 Å². The van der Waals surface area contributed by atoms with Crippen LogP contribution in [0.5, 0.6) is 0 Å². The maximum absolute atomic E-state index is 7.13. The van der Waals surface area contributed by atoms with Crippen LogP contribution in [0.2, 0.25) is 0 Å². The van der Waals surface area contributed by atoms with E-state index in [-0.39, 0.29) is 0 Å². The summed E-state index contributed by atoms with van der Waals surface area (Å²) in [4.78, 5) is 4.80. The van der Waals surface area contributed by atoms with Gasteiger partial charge in [0.25, 0.3) is 0 Å². The Morgan fingerprint density at radius 2 is 0.818 bits per heavy atom. The third-order valence-corrected chi connectivity index (χ3v) is 13.6. The number of anilines is 6. The molecule has 0 aliphatic heterocycles. The average molecular weight is 843 g/mol. The van der Waals surface area contributed by atoms with Gasteiger partial charge < -0.3 is 14.2 Å². The molecule has 2 aliphatic carbocycles. The molecule has 1 heterocycles. The molecule has 1 atom stereocenters. The van der Waals surface area contributed by atoms with E-state index in [1.807, 2.05) is 0 Å². The molecule has 66 heavy (non-hydrogen) atoms. The minimum atomic E-state index is -0.647. The van der Waals surface area contributed by atoms with Gasteiger partial charge in [-0.3, -0.25) is 0 Å². The van der Waals surface area contributed by atoms with Crippen molar-refractivity contribution in [3.05, 3.63) is 277 Å². The van der Waals surface area contributed by atoms with Gasteiger partial charge >= 0.3 is 0 Å². The summed E-state index contributed by atoms with van der Waals surface area (Å²) in [6.07, 6.45) is 0. The predicted octanol–water partition coefficient (Wildman–Crippen LogP) is 17.0. The normalized spacial score (nSPS) is 14.1. The lowest BCUT2D eigenvalue weighted by atomic mass is 9.70. The van der Waals surface area contributed by atoms with Crippen molar-refractivity contribution < 1.29 is 4.42 Å². The van der Waals surface area contributed by atoms with Crippen molar-refractivity contribution in [2.75, 3.05) is 9.80 Å². The largest absolute Gasteiger partial charge is 0.456 e. The number of hydrogen-bond donors (Lipinski definition) is 0. The van der Waals surface area contributed by atoms with E-state index in [4.69, 9.17) is 4.42 Å². The number of furan rings is 1. The highest BCUT2D eigenvalue weighted by Crippen LogP contribution is 2.67. The monoisotopic (exact) mass is 842 g/mol. The molecule has 2 aliphatic rings. The van der Waals surface area contributed by atoms with Crippen LogP contribution in [0.4, 0.5) is 34.1 Å².